The van der Waals surface area contributed by atoms with Gasteiger partial charge in [0.15, 0.2) is 0 Å². The van der Waals surface area contributed by atoms with Crippen molar-refractivity contribution in [3.05, 3.63) is 47.1 Å². The summed E-state index contributed by atoms with van der Waals surface area (Å²) in [4.78, 5) is 20.1. The van der Waals surface area contributed by atoms with E-state index in [-0.39, 0.29) is 23.9 Å². The Labute approximate surface area is 134 Å². The van der Waals surface area contributed by atoms with E-state index in [1.807, 2.05) is 12.3 Å². The SMILES string of the molecule is Cl.O=C(O)c1cnc2c(c1)C=CNC1=CC3=NCCC3CC12. The van der Waals surface area contributed by atoms with Crippen molar-refractivity contribution in [2.75, 3.05) is 6.54 Å². The molecule has 6 heteroatoms. The van der Waals surface area contributed by atoms with Crippen LogP contribution in [-0.4, -0.2) is 28.3 Å². The maximum absolute atomic E-state index is 11.1. The first-order valence-electron chi connectivity index (χ1n) is 7.14. The van der Waals surface area contributed by atoms with E-state index in [2.05, 4.69) is 21.4 Å². The molecule has 2 unspecified atom stereocenters. The summed E-state index contributed by atoms with van der Waals surface area (Å²) in [7, 11) is 0. The lowest BCUT2D eigenvalue weighted by atomic mass is 9.80. The van der Waals surface area contributed by atoms with Crippen LogP contribution in [0.3, 0.4) is 0 Å². The molecule has 0 saturated heterocycles. The summed E-state index contributed by atoms with van der Waals surface area (Å²) in [5.41, 5.74) is 4.36. The van der Waals surface area contributed by atoms with E-state index in [9.17, 15) is 4.79 Å². The zero-order chi connectivity index (χ0) is 14.4. The summed E-state index contributed by atoms with van der Waals surface area (Å²) < 4.78 is 0. The summed E-state index contributed by atoms with van der Waals surface area (Å²) in [6, 6.07) is 1.70. The molecule has 114 valence electrons. The van der Waals surface area contributed by atoms with Crippen LogP contribution in [0.2, 0.25) is 0 Å². The molecule has 0 saturated carbocycles. The van der Waals surface area contributed by atoms with Gasteiger partial charge in [-0.2, -0.15) is 0 Å². The maximum Gasteiger partial charge on any atom is 0.337 e. The lowest BCUT2D eigenvalue weighted by molar-refractivity contribution is 0.0696. The summed E-state index contributed by atoms with van der Waals surface area (Å²) in [5, 5.41) is 12.4. The Morgan fingerprint density at radius 3 is 3.09 bits per heavy atom. The molecule has 3 aliphatic rings. The van der Waals surface area contributed by atoms with Gasteiger partial charge in [0.05, 0.1) is 11.3 Å². The van der Waals surface area contributed by atoms with Crippen LogP contribution in [0, 0.1) is 5.92 Å². The number of hydrogen-bond acceptors (Lipinski definition) is 4. The van der Waals surface area contributed by atoms with Crippen LogP contribution in [-0.2, 0) is 0 Å². The third kappa shape index (κ3) is 2.31. The molecule has 1 aromatic heterocycles. The van der Waals surface area contributed by atoms with Crippen LogP contribution in [0.4, 0.5) is 0 Å². The number of nitrogens with zero attached hydrogens (tertiary/aromatic N) is 2. The number of pyridine rings is 1. The standard InChI is InChI=1S/C16H15N3O2.ClH/c20-16(21)11-5-10-2-4-18-14-7-13-9(1-3-17-13)6-12(14)15(10)19-8-11;/h2,4-5,7-9,12,18H,1,3,6H2,(H,20,21);1H. The second-order valence-electron chi connectivity index (χ2n) is 5.66. The maximum atomic E-state index is 11.1. The lowest BCUT2D eigenvalue weighted by Gasteiger charge is -2.28. The van der Waals surface area contributed by atoms with Gasteiger partial charge in [-0.05, 0) is 36.6 Å². The topological polar surface area (TPSA) is 74.6 Å². The first-order chi connectivity index (χ1) is 10.2. The number of hydrogen-bond donors (Lipinski definition) is 2. The van der Waals surface area contributed by atoms with Crippen molar-refractivity contribution in [2.24, 2.45) is 10.9 Å². The van der Waals surface area contributed by atoms with Crippen LogP contribution >= 0.6 is 12.4 Å². The van der Waals surface area contributed by atoms with E-state index in [1.165, 1.54) is 11.9 Å². The first kappa shape index (κ1) is 14.8. The van der Waals surface area contributed by atoms with Crippen molar-refractivity contribution in [3.8, 4) is 0 Å². The number of aliphatic imine (C=N–C) groups is 1. The Balaban J connectivity index is 0.00000144. The predicted molar refractivity (Wildman–Crippen MR) is 86.5 cm³/mol. The van der Waals surface area contributed by atoms with Gasteiger partial charge in [-0.3, -0.25) is 9.98 Å². The fraction of sp³-hybridized carbons (Fsp3) is 0.312. The molecule has 0 spiro atoms. The number of aromatic nitrogens is 1. The molecule has 3 heterocycles. The molecule has 2 atom stereocenters. The van der Waals surface area contributed by atoms with Gasteiger partial charge in [-0.1, -0.05) is 0 Å². The number of carboxylic acid groups (broad SMARTS) is 1. The molecule has 0 radical (unpaired) electrons. The average Bonchev–Trinajstić information content (AvgIpc) is 2.85. The fourth-order valence-corrected chi connectivity index (χ4v) is 3.36. The molecule has 0 amide bonds. The van der Waals surface area contributed by atoms with Crippen LogP contribution in [0.5, 0.6) is 0 Å². The second-order valence-corrected chi connectivity index (χ2v) is 5.66. The smallest absolute Gasteiger partial charge is 0.337 e. The van der Waals surface area contributed by atoms with Crippen molar-refractivity contribution in [1.29, 1.82) is 0 Å². The number of nitrogens with one attached hydrogen (secondary N) is 1. The van der Waals surface area contributed by atoms with Crippen molar-refractivity contribution in [3.63, 3.8) is 0 Å². The third-order valence-electron chi connectivity index (χ3n) is 4.43. The molecule has 2 aliphatic heterocycles. The molecule has 0 fully saturated rings. The molecule has 1 aromatic rings. The minimum atomic E-state index is -0.944. The Kier molecular flexibility index (Phi) is 3.74. The van der Waals surface area contributed by atoms with Gasteiger partial charge in [0.1, 0.15) is 0 Å². The zero-order valence-corrected chi connectivity index (χ0v) is 12.6. The Morgan fingerprint density at radius 2 is 2.27 bits per heavy atom. The summed E-state index contributed by atoms with van der Waals surface area (Å²) in [6.07, 6.45) is 9.44. The van der Waals surface area contributed by atoms with E-state index < -0.39 is 5.97 Å². The van der Waals surface area contributed by atoms with E-state index in [4.69, 9.17) is 5.11 Å². The Bertz CT molecular complexity index is 724. The molecule has 0 aromatic carbocycles. The van der Waals surface area contributed by atoms with Crippen LogP contribution in [0.15, 0.2) is 35.2 Å². The lowest BCUT2D eigenvalue weighted by Crippen LogP contribution is -2.26. The quantitative estimate of drug-likeness (QED) is 0.835. The molecule has 1 aliphatic carbocycles. The van der Waals surface area contributed by atoms with Gasteiger partial charge in [0.25, 0.3) is 0 Å². The number of carboxylic acids is 1. The number of fused-ring (bicyclic) bond motifs is 4. The van der Waals surface area contributed by atoms with E-state index in [0.717, 1.165) is 36.3 Å². The number of rotatable bonds is 1. The number of carbonyl (C=O) groups is 1. The number of allylic oxidation sites excluding steroid dienone is 2. The number of halogens is 1. The molecule has 5 nitrogen and oxygen atoms in total. The fourth-order valence-electron chi connectivity index (χ4n) is 3.36. The number of aromatic carboxylic acids is 1. The van der Waals surface area contributed by atoms with Crippen molar-refractivity contribution in [1.82, 2.24) is 10.3 Å². The normalized spacial score (nSPS) is 24.5. The highest BCUT2D eigenvalue weighted by Gasteiger charge is 2.34. The van der Waals surface area contributed by atoms with Crippen LogP contribution < -0.4 is 5.32 Å². The Morgan fingerprint density at radius 1 is 1.41 bits per heavy atom. The summed E-state index contributed by atoms with van der Waals surface area (Å²) >= 11 is 0. The third-order valence-corrected chi connectivity index (χ3v) is 4.43. The van der Waals surface area contributed by atoms with Crippen molar-refractivity contribution in [2.45, 2.75) is 18.8 Å². The predicted octanol–water partition coefficient (Wildman–Crippen LogP) is 2.61. The van der Waals surface area contributed by atoms with Gasteiger partial charge < -0.3 is 10.4 Å². The molecule has 22 heavy (non-hydrogen) atoms. The zero-order valence-electron chi connectivity index (χ0n) is 11.8. The van der Waals surface area contributed by atoms with Crippen molar-refractivity contribution >= 4 is 30.2 Å². The van der Waals surface area contributed by atoms with Gasteiger partial charge in [-0.25, -0.2) is 4.79 Å². The summed E-state index contributed by atoms with van der Waals surface area (Å²) in [6.45, 7) is 0.907. The first-order valence-corrected chi connectivity index (χ1v) is 7.14. The minimum absolute atomic E-state index is 0. The second kappa shape index (κ2) is 5.57. The molecular weight excluding hydrogens is 302 g/mol. The molecule has 4 rings (SSSR count). The molecule has 0 bridgehead atoms. The molecule has 2 N–H and O–H groups in total. The van der Waals surface area contributed by atoms with E-state index in [1.54, 1.807) is 6.07 Å². The minimum Gasteiger partial charge on any atom is -0.478 e. The van der Waals surface area contributed by atoms with Gasteiger partial charge in [0, 0.05) is 42.2 Å². The van der Waals surface area contributed by atoms with Crippen LogP contribution in [0.1, 0.15) is 40.4 Å². The van der Waals surface area contributed by atoms with E-state index >= 15 is 0 Å². The van der Waals surface area contributed by atoms with Gasteiger partial charge in [-0.15, -0.1) is 12.4 Å². The van der Waals surface area contributed by atoms with E-state index in [0.29, 0.717) is 5.92 Å². The highest BCUT2D eigenvalue weighted by molar-refractivity contribution is 5.99. The monoisotopic (exact) mass is 317 g/mol. The van der Waals surface area contributed by atoms with Gasteiger partial charge >= 0.3 is 5.97 Å². The van der Waals surface area contributed by atoms with Crippen molar-refractivity contribution < 1.29 is 9.90 Å². The highest BCUT2D eigenvalue weighted by Crippen LogP contribution is 2.39. The average molecular weight is 318 g/mol. The highest BCUT2D eigenvalue weighted by atomic mass is 35.5. The largest absolute Gasteiger partial charge is 0.478 e. The Hall–Kier alpha value is -2.14. The summed E-state index contributed by atoms with van der Waals surface area (Å²) in [5.74, 6) is -0.243. The van der Waals surface area contributed by atoms with Crippen LogP contribution in [0.25, 0.3) is 6.08 Å². The molecular formula is C16H16ClN3O2. The van der Waals surface area contributed by atoms with Gasteiger partial charge in [0.2, 0.25) is 0 Å².